The Hall–Kier alpha value is -3.69. The molecule has 3 aromatic rings. The summed E-state index contributed by atoms with van der Waals surface area (Å²) in [4.78, 5) is 41.8. The molecule has 0 unspecified atom stereocenters. The average molecular weight is 500 g/mol. The molecule has 0 aliphatic heterocycles. The molecule has 0 saturated carbocycles. The van der Waals surface area contributed by atoms with Crippen LogP contribution in [0.3, 0.4) is 0 Å². The largest absolute Gasteiger partial charge is 0.508 e. The zero-order valence-electron chi connectivity index (χ0n) is 18.4. The van der Waals surface area contributed by atoms with E-state index in [0.717, 1.165) is 11.4 Å². The summed E-state index contributed by atoms with van der Waals surface area (Å²) in [6, 6.07) is 10.6. The normalized spacial score (nSPS) is 11.2. The van der Waals surface area contributed by atoms with Crippen LogP contribution >= 0.6 is 22.9 Å². The zero-order valence-corrected chi connectivity index (χ0v) is 20.0. The van der Waals surface area contributed by atoms with Crippen LogP contribution in [-0.4, -0.2) is 33.0 Å². The van der Waals surface area contributed by atoms with Gasteiger partial charge in [-0.25, -0.2) is 9.78 Å². The van der Waals surface area contributed by atoms with Gasteiger partial charge < -0.3 is 20.8 Å². The Morgan fingerprint density at radius 1 is 1.15 bits per heavy atom. The fourth-order valence-electron chi connectivity index (χ4n) is 3.01. The summed E-state index contributed by atoms with van der Waals surface area (Å²) in [7, 11) is 0. The molecule has 0 fully saturated rings. The van der Waals surface area contributed by atoms with Gasteiger partial charge in [-0.2, -0.15) is 0 Å². The van der Waals surface area contributed by atoms with Gasteiger partial charge in [-0.1, -0.05) is 30.7 Å². The van der Waals surface area contributed by atoms with Crippen molar-refractivity contribution in [2.24, 2.45) is 0 Å². The Morgan fingerprint density at radius 2 is 1.91 bits per heavy atom. The van der Waals surface area contributed by atoms with Gasteiger partial charge in [0.25, 0.3) is 11.8 Å². The molecule has 0 aliphatic carbocycles. The lowest BCUT2D eigenvalue weighted by atomic mass is 10.1. The average Bonchev–Trinajstić information content (AvgIpc) is 3.16. The molecule has 0 aliphatic rings. The molecule has 3 rings (SSSR count). The van der Waals surface area contributed by atoms with Gasteiger partial charge in [0, 0.05) is 12.1 Å². The molecule has 10 heteroatoms. The number of hydrogen-bond acceptors (Lipinski definition) is 6. The van der Waals surface area contributed by atoms with Gasteiger partial charge >= 0.3 is 5.97 Å². The number of nitrogens with zero attached hydrogens (tertiary/aromatic N) is 1. The molecule has 2 aromatic carbocycles. The molecule has 0 bridgehead atoms. The summed E-state index contributed by atoms with van der Waals surface area (Å²) in [5, 5.41) is 25.0. The fraction of sp³-hybridized carbons (Fsp3) is 0.167. The number of amides is 2. The molecule has 2 amide bonds. The van der Waals surface area contributed by atoms with E-state index in [0.29, 0.717) is 16.1 Å². The number of thiazole rings is 1. The lowest BCUT2D eigenvalue weighted by molar-refractivity contribution is -0.132. The maximum absolute atomic E-state index is 12.7. The smallest absolute Gasteiger partial charge is 0.352 e. The van der Waals surface area contributed by atoms with Gasteiger partial charge in [0.1, 0.15) is 11.4 Å². The van der Waals surface area contributed by atoms with E-state index in [1.54, 1.807) is 19.1 Å². The van der Waals surface area contributed by atoms with Crippen LogP contribution in [0.15, 0.2) is 48.2 Å². The van der Waals surface area contributed by atoms with Crippen LogP contribution in [0.4, 0.5) is 0 Å². The minimum Gasteiger partial charge on any atom is -0.508 e. The van der Waals surface area contributed by atoms with Crippen LogP contribution in [0.5, 0.6) is 5.75 Å². The molecule has 4 N–H and O–H groups in total. The van der Waals surface area contributed by atoms with Gasteiger partial charge in [-0.15, -0.1) is 11.3 Å². The van der Waals surface area contributed by atoms with Gasteiger partial charge in [-0.3, -0.25) is 9.59 Å². The Balaban J connectivity index is 1.73. The number of carbonyl (C=O) groups is 3. The Labute approximate surface area is 204 Å². The molecular weight excluding hydrogens is 478 g/mol. The van der Waals surface area contributed by atoms with E-state index < -0.39 is 17.8 Å². The first-order chi connectivity index (χ1) is 16.2. The number of rotatable bonds is 8. The number of carbonyl (C=O) groups excluding carboxylic acids is 2. The lowest BCUT2D eigenvalue weighted by Gasteiger charge is -2.10. The van der Waals surface area contributed by atoms with E-state index in [2.05, 4.69) is 15.6 Å². The number of phenols is 1. The molecule has 176 valence electrons. The summed E-state index contributed by atoms with van der Waals surface area (Å²) in [5.41, 5.74) is 1.32. The van der Waals surface area contributed by atoms with Crippen LogP contribution in [0, 0.1) is 6.92 Å². The highest BCUT2D eigenvalue weighted by atomic mass is 35.5. The lowest BCUT2D eigenvalue weighted by Crippen LogP contribution is -2.28. The van der Waals surface area contributed by atoms with Crippen LogP contribution in [0.1, 0.15) is 48.8 Å². The third-order valence-electron chi connectivity index (χ3n) is 4.77. The number of phenolic OH excluding ortho intramolecular Hbond substituents is 1. The van der Waals surface area contributed by atoms with Crippen LogP contribution in [0.25, 0.3) is 6.08 Å². The van der Waals surface area contributed by atoms with Crippen molar-refractivity contribution in [3.05, 3.63) is 85.5 Å². The highest BCUT2D eigenvalue weighted by molar-refractivity contribution is 7.12. The van der Waals surface area contributed by atoms with Gasteiger partial charge in [0.2, 0.25) is 0 Å². The number of benzene rings is 2. The Morgan fingerprint density at radius 3 is 2.53 bits per heavy atom. The van der Waals surface area contributed by atoms with E-state index in [4.69, 9.17) is 11.6 Å². The highest BCUT2D eigenvalue weighted by Crippen LogP contribution is 2.22. The first kappa shape index (κ1) is 24.9. The SMILES string of the molecule is CCc1nc(C)c(C=C(NC(=O)c2ccc(C(=O)NCc3cccc(O)c3)cc2Cl)C(=O)O)s1. The van der Waals surface area contributed by atoms with Crippen molar-refractivity contribution < 1.29 is 24.6 Å². The van der Waals surface area contributed by atoms with Gasteiger partial charge in [0.05, 0.1) is 26.2 Å². The number of aliphatic carboxylic acids is 1. The van der Waals surface area contributed by atoms with E-state index >= 15 is 0 Å². The quantitative estimate of drug-likeness (QED) is 0.344. The number of nitrogens with one attached hydrogen (secondary N) is 2. The minimum absolute atomic E-state index is 0.00511. The Bertz CT molecular complexity index is 1290. The van der Waals surface area contributed by atoms with Crippen molar-refractivity contribution in [2.75, 3.05) is 0 Å². The number of carboxylic acids is 1. The van der Waals surface area contributed by atoms with E-state index in [1.807, 2.05) is 6.92 Å². The van der Waals surface area contributed by atoms with Crippen molar-refractivity contribution in [1.82, 2.24) is 15.6 Å². The van der Waals surface area contributed by atoms with E-state index in [1.165, 1.54) is 47.7 Å². The third-order valence-corrected chi connectivity index (χ3v) is 6.33. The van der Waals surface area contributed by atoms with Gasteiger partial charge in [0.15, 0.2) is 0 Å². The van der Waals surface area contributed by atoms with E-state index in [9.17, 15) is 24.6 Å². The van der Waals surface area contributed by atoms with Crippen LogP contribution in [-0.2, 0) is 17.8 Å². The zero-order chi connectivity index (χ0) is 24.8. The summed E-state index contributed by atoms with van der Waals surface area (Å²) in [6.07, 6.45) is 2.08. The predicted molar refractivity (Wildman–Crippen MR) is 130 cm³/mol. The van der Waals surface area contributed by atoms with Gasteiger partial charge in [-0.05, 0) is 55.3 Å². The first-order valence-corrected chi connectivity index (χ1v) is 11.5. The third kappa shape index (κ3) is 6.21. The topological polar surface area (TPSA) is 129 Å². The number of aromatic nitrogens is 1. The summed E-state index contributed by atoms with van der Waals surface area (Å²) in [5.74, 6) is -2.35. The van der Waals surface area contributed by atoms with Crippen molar-refractivity contribution >= 4 is 46.8 Å². The number of carboxylic acid groups (broad SMARTS) is 1. The minimum atomic E-state index is -1.31. The van der Waals surface area contributed by atoms with Crippen molar-refractivity contribution in [3.63, 3.8) is 0 Å². The second-order valence-electron chi connectivity index (χ2n) is 7.28. The predicted octanol–water partition coefficient (Wildman–Crippen LogP) is 4.16. The summed E-state index contributed by atoms with van der Waals surface area (Å²) < 4.78 is 0. The maximum atomic E-state index is 12.7. The molecule has 0 radical (unpaired) electrons. The maximum Gasteiger partial charge on any atom is 0.352 e. The molecule has 0 atom stereocenters. The number of halogens is 1. The first-order valence-electron chi connectivity index (χ1n) is 10.3. The second kappa shape index (κ2) is 11.0. The summed E-state index contributed by atoms with van der Waals surface area (Å²) >= 11 is 7.58. The van der Waals surface area contributed by atoms with Crippen LogP contribution in [0.2, 0.25) is 5.02 Å². The number of hydrogen-bond donors (Lipinski definition) is 4. The molecular formula is C24H22ClN3O5S. The molecule has 1 aromatic heterocycles. The Kier molecular flexibility index (Phi) is 8.04. The molecule has 1 heterocycles. The standard InChI is InChI=1S/C24H22ClN3O5S/c1-3-21-27-13(2)20(34-21)11-19(24(32)33)28-23(31)17-8-7-15(10-18(17)25)22(30)26-12-14-5-4-6-16(29)9-14/h4-11,29H,3,12H2,1-2H3,(H,26,30)(H,28,31)(H,32,33). The monoisotopic (exact) mass is 499 g/mol. The number of aromatic hydroxyl groups is 1. The molecule has 0 spiro atoms. The van der Waals surface area contributed by atoms with E-state index in [-0.39, 0.29) is 34.1 Å². The fourth-order valence-corrected chi connectivity index (χ4v) is 4.23. The highest BCUT2D eigenvalue weighted by Gasteiger charge is 2.18. The number of aryl methyl sites for hydroxylation is 2. The van der Waals surface area contributed by atoms with Crippen molar-refractivity contribution in [1.29, 1.82) is 0 Å². The van der Waals surface area contributed by atoms with Crippen molar-refractivity contribution in [3.8, 4) is 5.75 Å². The molecule has 8 nitrogen and oxygen atoms in total. The second-order valence-corrected chi connectivity index (χ2v) is 8.80. The molecule has 0 saturated heterocycles. The summed E-state index contributed by atoms with van der Waals surface area (Å²) in [6.45, 7) is 3.91. The van der Waals surface area contributed by atoms with Crippen molar-refractivity contribution in [2.45, 2.75) is 26.8 Å². The van der Waals surface area contributed by atoms with Crippen LogP contribution < -0.4 is 10.6 Å². The molecule has 34 heavy (non-hydrogen) atoms.